The number of hydrogen-bond acceptors (Lipinski definition) is 2. The number of aliphatic hydroxyl groups is 1. The molecular weight excluding hydrogens is 268 g/mol. The summed E-state index contributed by atoms with van der Waals surface area (Å²) in [5, 5.41) is 16.7. The van der Waals surface area contributed by atoms with E-state index in [0.717, 1.165) is 12.8 Å². The van der Waals surface area contributed by atoms with Gasteiger partial charge in [0.05, 0.1) is 6.10 Å². The molecule has 1 fully saturated rings. The molecule has 1 aliphatic rings. The molecule has 0 heterocycles. The summed E-state index contributed by atoms with van der Waals surface area (Å²) in [4.78, 5) is 11.8. The normalized spacial score (nSPS) is 16.6. The Morgan fingerprint density at radius 2 is 1.95 bits per heavy atom. The molecule has 0 saturated heterocycles. The van der Waals surface area contributed by atoms with E-state index < -0.39 is 8.07 Å². The van der Waals surface area contributed by atoms with Gasteiger partial charge >= 0.3 is 6.03 Å². The van der Waals surface area contributed by atoms with E-state index in [1.165, 1.54) is 5.19 Å². The van der Waals surface area contributed by atoms with Crippen LogP contribution < -0.4 is 15.8 Å². The van der Waals surface area contributed by atoms with E-state index in [0.29, 0.717) is 18.6 Å². The molecule has 0 spiro atoms. The van der Waals surface area contributed by atoms with Crippen LogP contribution in [0.15, 0.2) is 30.3 Å². The number of carbonyl (C=O) groups is 1. The molecule has 0 unspecified atom stereocenters. The van der Waals surface area contributed by atoms with Crippen LogP contribution >= 0.6 is 0 Å². The molecule has 2 rings (SSSR count). The average Bonchev–Trinajstić information content (AvgIpc) is 3.28. The minimum absolute atomic E-state index is 0.179. The van der Waals surface area contributed by atoms with Crippen LogP contribution in [0.2, 0.25) is 13.1 Å². The largest absolute Gasteiger partial charge is 0.391 e. The van der Waals surface area contributed by atoms with Gasteiger partial charge in [0, 0.05) is 12.7 Å². The van der Waals surface area contributed by atoms with Crippen LogP contribution in [0.3, 0.4) is 0 Å². The number of rotatable bonds is 6. The van der Waals surface area contributed by atoms with Gasteiger partial charge in [0.15, 0.2) is 0 Å². The van der Waals surface area contributed by atoms with E-state index in [9.17, 15) is 9.90 Å². The van der Waals surface area contributed by atoms with E-state index in [1.54, 1.807) is 0 Å². The Balaban J connectivity index is 1.74. The van der Waals surface area contributed by atoms with Crippen molar-refractivity contribution >= 4 is 19.3 Å². The van der Waals surface area contributed by atoms with Crippen molar-refractivity contribution in [2.75, 3.05) is 12.7 Å². The lowest BCUT2D eigenvalue weighted by Gasteiger charge is -2.23. The fourth-order valence-corrected chi connectivity index (χ4v) is 4.10. The van der Waals surface area contributed by atoms with Crippen LogP contribution in [0, 0.1) is 5.92 Å². The smallest absolute Gasteiger partial charge is 0.314 e. The first-order chi connectivity index (χ1) is 9.49. The lowest BCUT2D eigenvalue weighted by atomic mass is 10.2. The molecule has 1 atom stereocenters. The summed E-state index contributed by atoms with van der Waals surface area (Å²) in [7, 11) is -1.64. The fraction of sp³-hybridized carbons (Fsp3) is 0.533. The van der Waals surface area contributed by atoms with Gasteiger partial charge in [0.25, 0.3) is 0 Å². The Hall–Kier alpha value is -1.33. The first kappa shape index (κ1) is 15.1. The van der Waals surface area contributed by atoms with Crippen molar-refractivity contribution in [2.45, 2.75) is 32.0 Å². The number of nitrogens with one attached hydrogen (secondary N) is 2. The van der Waals surface area contributed by atoms with Crippen LogP contribution in [-0.4, -0.2) is 38.0 Å². The number of carbonyl (C=O) groups excluding carboxylic acids is 1. The maximum atomic E-state index is 11.8. The minimum Gasteiger partial charge on any atom is -0.391 e. The molecule has 110 valence electrons. The van der Waals surface area contributed by atoms with Crippen molar-refractivity contribution in [1.29, 1.82) is 0 Å². The lowest BCUT2D eigenvalue weighted by Crippen LogP contribution is -2.54. The zero-order chi connectivity index (χ0) is 14.6. The lowest BCUT2D eigenvalue weighted by molar-refractivity contribution is 0.149. The Morgan fingerprint density at radius 3 is 2.55 bits per heavy atom. The highest BCUT2D eigenvalue weighted by molar-refractivity contribution is 6.90. The quantitative estimate of drug-likeness (QED) is 0.690. The molecule has 3 N–H and O–H groups in total. The molecule has 0 radical (unpaired) electrons. The van der Waals surface area contributed by atoms with Crippen LogP contribution in [0.5, 0.6) is 0 Å². The second-order valence-corrected chi connectivity index (χ2v) is 10.9. The van der Waals surface area contributed by atoms with Crippen LogP contribution in [0.25, 0.3) is 0 Å². The van der Waals surface area contributed by atoms with E-state index in [4.69, 9.17) is 0 Å². The van der Waals surface area contributed by atoms with Crippen molar-refractivity contribution in [1.82, 2.24) is 10.6 Å². The van der Waals surface area contributed by atoms with Gasteiger partial charge in [-0.3, -0.25) is 0 Å². The SMILES string of the molecule is C[Si](C)(CNC(=O)NC[C@H](O)C1CC1)c1ccccc1. The molecule has 20 heavy (non-hydrogen) atoms. The van der Waals surface area contributed by atoms with Gasteiger partial charge < -0.3 is 15.7 Å². The van der Waals surface area contributed by atoms with Gasteiger partial charge in [-0.15, -0.1) is 0 Å². The molecule has 4 nitrogen and oxygen atoms in total. The van der Waals surface area contributed by atoms with Crippen molar-refractivity contribution in [3.05, 3.63) is 30.3 Å². The average molecular weight is 292 g/mol. The first-order valence-corrected chi connectivity index (χ1v) is 10.4. The van der Waals surface area contributed by atoms with Gasteiger partial charge in [-0.25, -0.2) is 4.79 Å². The summed E-state index contributed by atoms with van der Waals surface area (Å²) in [6, 6.07) is 10.2. The maximum absolute atomic E-state index is 11.8. The third-order valence-corrected chi connectivity index (χ3v) is 6.84. The Morgan fingerprint density at radius 1 is 1.30 bits per heavy atom. The van der Waals surface area contributed by atoms with E-state index in [-0.39, 0.29) is 12.1 Å². The molecule has 1 aromatic rings. The van der Waals surface area contributed by atoms with Gasteiger partial charge in [0.1, 0.15) is 8.07 Å². The molecule has 2 amide bonds. The zero-order valence-electron chi connectivity index (χ0n) is 12.2. The molecule has 1 saturated carbocycles. The number of urea groups is 1. The third kappa shape index (κ3) is 4.35. The van der Waals surface area contributed by atoms with E-state index in [2.05, 4.69) is 35.9 Å². The molecule has 5 heteroatoms. The standard InChI is InChI=1S/C15H24N2O2Si/c1-20(2,13-6-4-3-5-7-13)11-17-15(19)16-10-14(18)12-8-9-12/h3-7,12,14,18H,8-11H2,1-2H3,(H2,16,17,19)/t14-/m0/s1. The Kier molecular flexibility index (Phi) is 4.83. The van der Waals surface area contributed by atoms with Gasteiger partial charge in [0.2, 0.25) is 0 Å². The maximum Gasteiger partial charge on any atom is 0.314 e. The summed E-state index contributed by atoms with van der Waals surface area (Å²) in [5.74, 6) is 0.394. The summed E-state index contributed by atoms with van der Waals surface area (Å²) in [5.41, 5.74) is 0. The van der Waals surface area contributed by atoms with Crippen molar-refractivity contribution in [2.24, 2.45) is 5.92 Å². The monoisotopic (exact) mass is 292 g/mol. The Labute approximate surface area is 121 Å². The second-order valence-electron chi connectivity index (χ2n) is 6.22. The number of aliphatic hydroxyl groups excluding tert-OH is 1. The number of hydrogen-bond donors (Lipinski definition) is 3. The van der Waals surface area contributed by atoms with Crippen LogP contribution in [-0.2, 0) is 0 Å². The molecule has 1 aliphatic carbocycles. The summed E-state index contributed by atoms with van der Waals surface area (Å²) < 4.78 is 0. The topological polar surface area (TPSA) is 61.4 Å². The van der Waals surface area contributed by atoms with Gasteiger partial charge in [-0.1, -0.05) is 48.6 Å². The van der Waals surface area contributed by atoms with Crippen molar-refractivity contribution in [3.63, 3.8) is 0 Å². The van der Waals surface area contributed by atoms with Gasteiger partial charge in [-0.05, 0) is 18.8 Å². The highest BCUT2D eigenvalue weighted by Gasteiger charge is 2.30. The highest BCUT2D eigenvalue weighted by atomic mass is 28.3. The second kappa shape index (κ2) is 6.41. The molecular formula is C15H24N2O2Si. The molecule has 0 aromatic heterocycles. The fourth-order valence-electron chi connectivity index (χ4n) is 2.20. The van der Waals surface area contributed by atoms with E-state index in [1.807, 2.05) is 18.2 Å². The van der Waals surface area contributed by atoms with E-state index >= 15 is 0 Å². The summed E-state index contributed by atoms with van der Waals surface area (Å²) >= 11 is 0. The summed E-state index contributed by atoms with van der Waals surface area (Å²) in [6.45, 7) is 4.83. The first-order valence-electron chi connectivity index (χ1n) is 7.24. The zero-order valence-corrected chi connectivity index (χ0v) is 13.2. The minimum atomic E-state index is -1.64. The van der Waals surface area contributed by atoms with Crippen LogP contribution in [0.1, 0.15) is 12.8 Å². The van der Waals surface area contributed by atoms with Crippen molar-refractivity contribution in [3.8, 4) is 0 Å². The molecule has 0 aliphatic heterocycles. The highest BCUT2D eigenvalue weighted by Crippen LogP contribution is 2.32. The third-order valence-electron chi connectivity index (χ3n) is 3.88. The van der Waals surface area contributed by atoms with Crippen LogP contribution in [0.4, 0.5) is 4.79 Å². The Bertz CT molecular complexity index is 446. The number of benzene rings is 1. The molecule has 0 bridgehead atoms. The van der Waals surface area contributed by atoms with Gasteiger partial charge in [-0.2, -0.15) is 0 Å². The predicted octanol–water partition coefficient (Wildman–Crippen LogP) is 1.21. The molecule has 1 aromatic carbocycles. The predicted molar refractivity (Wildman–Crippen MR) is 83.7 cm³/mol. The number of amides is 2. The van der Waals surface area contributed by atoms with Crippen molar-refractivity contribution < 1.29 is 9.90 Å². The summed E-state index contributed by atoms with van der Waals surface area (Å²) in [6.07, 6.45) is 2.47.